The lowest BCUT2D eigenvalue weighted by atomic mass is 10.2. The van der Waals surface area contributed by atoms with Crippen LogP contribution in [-0.2, 0) is 0 Å². The van der Waals surface area contributed by atoms with E-state index < -0.39 is 5.91 Å². The second-order valence-corrected chi connectivity index (χ2v) is 7.40. The van der Waals surface area contributed by atoms with Gasteiger partial charge in [-0.25, -0.2) is 4.98 Å². The highest BCUT2D eigenvalue weighted by molar-refractivity contribution is 6.52. The van der Waals surface area contributed by atoms with Gasteiger partial charge >= 0.3 is 0 Å². The normalized spacial score (nSPS) is 10.4. The Balaban J connectivity index is 1.69. The number of hydrogen-bond acceptors (Lipinski definition) is 4. The Labute approximate surface area is 192 Å². The van der Waals surface area contributed by atoms with Crippen LogP contribution < -0.4 is 15.4 Å². The summed E-state index contributed by atoms with van der Waals surface area (Å²) in [5, 5.41) is 5.03. The minimum Gasteiger partial charge on any atom is -0.497 e. The van der Waals surface area contributed by atoms with Crippen molar-refractivity contribution in [1.82, 2.24) is 4.98 Å². The first-order valence-corrected chi connectivity index (χ1v) is 9.88. The van der Waals surface area contributed by atoms with E-state index in [0.29, 0.717) is 22.7 Å². The molecule has 0 aliphatic heterocycles. The van der Waals surface area contributed by atoms with Crippen molar-refractivity contribution in [3.05, 3.63) is 80.0 Å². The Morgan fingerprint density at radius 2 is 1.30 bits per heavy atom. The molecule has 0 saturated heterocycles. The number of anilines is 2. The van der Waals surface area contributed by atoms with Crippen molar-refractivity contribution in [2.24, 2.45) is 0 Å². The van der Waals surface area contributed by atoms with Crippen molar-refractivity contribution in [2.45, 2.75) is 0 Å². The molecule has 0 spiro atoms. The first kappa shape index (κ1) is 22.2. The molecule has 10 heteroatoms. The minimum atomic E-state index is -0.629. The van der Waals surface area contributed by atoms with E-state index in [0.717, 1.165) is 0 Å². The first-order valence-electron chi connectivity index (χ1n) is 8.37. The Morgan fingerprint density at radius 1 is 0.767 bits per heavy atom. The van der Waals surface area contributed by atoms with Crippen LogP contribution >= 0.6 is 46.4 Å². The summed E-state index contributed by atoms with van der Waals surface area (Å²) >= 11 is 23.7. The van der Waals surface area contributed by atoms with Gasteiger partial charge in [0, 0.05) is 16.9 Å². The number of carbonyl (C=O) groups excluding carboxylic acids is 2. The topological polar surface area (TPSA) is 80.3 Å². The molecule has 0 aliphatic carbocycles. The van der Waals surface area contributed by atoms with Gasteiger partial charge in [-0.3, -0.25) is 9.59 Å². The average molecular weight is 485 g/mol. The number of halogens is 4. The van der Waals surface area contributed by atoms with Gasteiger partial charge in [-0.1, -0.05) is 46.4 Å². The molecule has 0 bridgehead atoms. The molecule has 0 aliphatic rings. The van der Waals surface area contributed by atoms with E-state index in [1.54, 1.807) is 55.6 Å². The summed E-state index contributed by atoms with van der Waals surface area (Å²) in [7, 11) is 1.56. The number of pyridine rings is 1. The fourth-order valence-corrected chi connectivity index (χ4v) is 3.22. The molecular weight excluding hydrogens is 472 g/mol. The summed E-state index contributed by atoms with van der Waals surface area (Å²) < 4.78 is 5.08. The van der Waals surface area contributed by atoms with Crippen molar-refractivity contribution in [3.63, 3.8) is 0 Å². The maximum atomic E-state index is 12.5. The van der Waals surface area contributed by atoms with Crippen LogP contribution in [0.2, 0.25) is 20.2 Å². The second-order valence-electron chi connectivity index (χ2n) is 5.91. The van der Waals surface area contributed by atoms with Crippen LogP contribution in [0, 0.1) is 0 Å². The number of nitrogens with zero attached hydrogens (tertiary/aromatic N) is 1. The smallest absolute Gasteiger partial charge is 0.275 e. The van der Waals surface area contributed by atoms with E-state index in [-0.39, 0.29) is 31.8 Å². The van der Waals surface area contributed by atoms with Crippen LogP contribution in [0.1, 0.15) is 20.8 Å². The predicted octanol–water partition coefficient (Wildman–Crippen LogP) is 6.21. The highest BCUT2D eigenvalue weighted by Gasteiger charge is 2.20. The predicted molar refractivity (Wildman–Crippen MR) is 120 cm³/mol. The van der Waals surface area contributed by atoms with Crippen molar-refractivity contribution in [2.75, 3.05) is 17.7 Å². The van der Waals surface area contributed by atoms with Gasteiger partial charge in [-0.15, -0.1) is 0 Å². The van der Waals surface area contributed by atoms with Crippen LogP contribution in [0.25, 0.3) is 0 Å². The number of methoxy groups -OCH3 is 1. The molecular formula is C20H13Cl4N3O3. The molecule has 6 nitrogen and oxygen atoms in total. The zero-order valence-corrected chi connectivity index (χ0v) is 18.3. The van der Waals surface area contributed by atoms with Crippen molar-refractivity contribution >= 4 is 69.6 Å². The van der Waals surface area contributed by atoms with E-state index >= 15 is 0 Å². The number of benzene rings is 2. The summed E-state index contributed by atoms with van der Waals surface area (Å²) in [6.45, 7) is 0. The average Bonchev–Trinajstić information content (AvgIpc) is 2.75. The molecule has 0 unspecified atom stereocenters. The van der Waals surface area contributed by atoms with Gasteiger partial charge in [0.2, 0.25) is 0 Å². The summed E-state index contributed by atoms with van der Waals surface area (Å²) in [4.78, 5) is 28.7. The van der Waals surface area contributed by atoms with Crippen LogP contribution in [-0.4, -0.2) is 23.9 Å². The number of rotatable bonds is 5. The van der Waals surface area contributed by atoms with Gasteiger partial charge in [0.1, 0.15) is 16.6 Å². The number of carbonyl (C=O) groups is 2. The van der Waals surface area contributed by atoms with Crippen molar-refractivity contribution < 1.29 is 14.3 Å². The van der Waals surface area contributed by atoms with Gasteiger partial charge in [-0.05, 0) is 48.5 Å². The van der Waals surface area contributed by atoms with Gasteiger partial charge in [0.15, 0.2) is 0 Å². The maximum Gasteiger partial charge on any atom is 0.275 e. The van der Waals surface area contributed by atoms with E-state index in [4.69, 9.17) is 51.1 Å². The monoisotopic (exact) mass is 483 g/mol. The Hall–Kier alpha value is -2.51. The van der Waals surface area contributed by atoms with Crippen LogP contribution in [0.3, 0.4) is 0 Å². The Morgan fingerprint density at radius 3 is 1.87 bits per heavy atom. The van der Waals surface area contributed by atoms with Crippen molar-refractivity contribution in [1.29, 1.82) is 0 Å². The lowest BCUT2D eigenvalue weighted by Gasteiger charge is -2.10. The SMILES string of the molecule is COc1ccc(NC(=O)c2ccc(NC(=O)c3nc(Cl)c(Cl)c(Cl)c3Cl)cc2)cc1. The number of ether oxygens (including phenoxy) is 1. The zero-order chi connectivity index (χ0) is 21.8. The molecule has 2 amide bonds. The number of amides is 2. The van der Waals surface area contributed by atoms with Crippen LogP contribution in [0.5, 0.6) is 5.75 Å². The fraction of sp³-hybridized carbons (Fsp3) is 0.0500. The molecule has 0 radical (unpaired) electrons. The summed E-state index contributed by atoms with van der Waals surface area (Å²) in [5.74, 6) is -0.249. The molecule has 30 heavy (non-hydrogen) atoms. The zero-order valence-electron chi connectivity index (χ0n) is 15.3. The third-order valence-corrected chi connectivity index (χ3v) is 5.63. The molecule has 0 atom stereocenters. The molecule has 3 rings (SSSR count). The van der Waals surface area contributed by atoms with E-state index in [1.807, 2.05) is 0 Å². The van der Waals surface area contributed by atoms with E-state index in [2.05, 4.69) is 15.6 Å². The fourth-order valence-electron chi connectivity index (χ4n) is 2.41. The standard InChI is InChI=1S/C20H13Cl4N3O3/c1-30-13-8-6-12(7-9-13)25-19(28)10-2-4-11(5-3-10)26-20(29)17-15(22)14(21)16(23)18(24)27-17/h2-9H,1H3,(H,25,28)(H,26,29). The van der Waals surface area contributed by atoms with Crippen LogP contribution in [0.4, 0.5) is 11.4 Å². The number of aromatic nitrogens is 1. The first-order chi connectivity index (χ1) is 14.3. The molecule has 1 aromatic heterocycles. The van der Waals surface area contributed by atoms with Gasteiger partial charge in [0.25, 0.3) is 11.8 Å². The number of hydrogen-bond donors (Lipinski definition) is 2. The third-order valence-electron chi connectivity index (χ3n) is 3.95. The van der Waals surface area contributed by atoms with E-state index in [9.17, 15) is 9.59 Å². The van der Waals surface area contributed by atoms with Gasteiger partial charge < -0.3 is 15.4 Å². The maximum absolute atomic E-state index is 12.5. The lowest BCUT2D eigenvalue weighted by molar-refractivity contribution is 0.101. The van der Waals surface area contributed by atoms with Gasteiger partial charge in [0.05, 0.1) is 22.2 Å². The second kappa shape index (κ2) is 9.53. The van der Waals surface area contributed by atoms with Crippen LogP contribution in [0.15, 0.2) is 48.5 Å². The molecule has 0 saturated carbocycles. The molecule has 154 valence electrons. The molecule has 2 N–H and O–H groups in total. The summed E-state index contributed by atoms with van der Waals surface area (Å²) in [6, 6.07) is 13.2. The molecule has 1 heterocycles. The quantitative estimate of drug-likeness (QED) is 0.422. The Kier molecular flexibility index (Phi) is 7.05. The molecule has 0 fully saturated rings. The minimum absolute atomic E-state index is 0.0351. The number of nitrogens with one attached hydrogen (secondary N) is 2. The third kappa shape index (κ3) is 4.96. The van der Waals surface area contributed by atoms with E-state index in [1.165, 1.54) is 0 Å². The summed E-state index contributed by atoms with van der Waals surface area (Å²) in [5.41, 5.74) is 1.27. The van der Waals surface area contributed by atoms with Gasteiger partial charge in [-0.2, -0.15) is 0 Å². The summed E-state index contributed by atoms with van der Waals surface area (Å²) in [6.07, 6.45) is 0. The highest BCUT2D eigenvalue weighted by atomic mass is 35.5. The Bertz CT molecular complexity index is 1100. The largest absolute Gasteiger partial charge is 0.497 e. The molecule has 3 aromatic rings. The highest BCUT2D eigenvalue weighted by Crippen LogP contribution is 2.36. The lowest BCUT2D eigenvalue weighted by Crippen LogP contribution is -2.15. The molecule has 2 aromatic carbocycles. The van der Waals surface area contributed by atoms with Crippen molar-refractivity contribution in [3.8, 4) is 5.75 Å².